The Morgan fingerprint density at radius 3 is 2.55 bits per heavy atom. The van der Waals surface area contributed by atoms with Crippen LogP contribution in [0, 0.1) is 0 Å². The van der Waals surface area contributed by atoms with Gasteiger partial charge in [0.05, 0.1) is 7.11 Å². The molecule has 0 spiro atoms. The smallest absolute Gasteiger partial charge is 0.241 e. The minimum absolute atomic E-state index is 0.407. The van der Waals surface area contributed by atoms with E-state index in [0.717, 1.165) is 11.1 Å². The number of carbonyl (C=O) groups excluding carboxylic acids is 1. The van der Waals surface area contributed by atoms with Crippen LogP contribution in [0.1, 0.15) is 11.1 Å². The highest BCUT2D eigenvalue weighted by Crippen LogP contribution is 2.29. The Morgan fingerprint density at radius 1 is 1.18 bits per heavy atom. The zero-order valence-corrected chi connectivity index (χ0v) is 12.8. The van der Waals surface area contributed by atoms with Crippen molar-refractivity contribution in [2.24, 2.45) is 5.73 Å². The molecule has 0 bridgehead atoms. The van der Waals surface area contributed by atoms with E-state index in [9.17, 15) is 4.79 Å². The molecular weight excluding hydrogens is 302 g/mol. The van der Waals surface area contributed by atoms with Crippen LogP contribution in [0.4, 0.5) is 0 Å². The topological polar surface area (TPSA) is 61.5 Å². The lowest BCUT2D eigenvalue weighted by Crippen LogP contribution is -2.05. The quantitative estimate of drug-likeness (QED) is 0.830. The van der Waals surface area contributed by atoms with Crippen LogP contribution in [0.2, 0.25) is 5.02 Å². The van der Waals surface area contributed by atoms with Gasteiger partial charge in [-0.15, -0.1) is 0 Å². The molecule has 0 aliphatic carbocycles. The van der Waals surface area contributed by atoms with E-state index in [0.29, 0.717) is 23.1 Å². The van der Waals surface area contributed by atoms with Crippen molar-refractivity contribution in [2.45, 2.75) is 6.61 Å². The van der Waals surface area contributed by atoms with Gasteiger partial charge in [-0.2, -0.15) is 0 Å². The van der Waals surface area contributed by atoms with Gasteiger partial charge in [-0.25, -0.2) is 0 Å². The molecule has 0 aliphatic heterocycles. The van der Waals surface area contributed by atoms with Gasteiger partial charge in [0, 0.05) is 11.1 Å². The first-order chi connectivity index (χ1) is 10.6. The standard InChI is InChI=1S/C17H16ClNO3/c1-21-16-10-12(5-9-17(19)20)4-8-15(16)22-11-13-2-6-14(18)7-3-13/h2-10H,11H2,1H3,(H2,19,20)/b9-5-. The Kier molecular flexibility index (Phi) is 5.44. The Balaban J connectivity index is 2.10. The van der Waals surface area contributed by atoms with Crippen LogP contribution in [0.15, 0.2) is 48.5 Å². The predicted molar refractivity (Wildman–Crippen MR) is 87.0 cm³/mol. The van der Waals surface area contributed by atoms with Gasteiger partial charge in [0.1, 0.15) is 6.61 Å². The molecular formula is C17H16ClNO3. The zero-order valence-electron chi connectivity index (χ0n) is 12.1. The molecule has 1 amide bonds. The van der Waals surface area contributed by atoms with Crippen molar-refractivity contribution in [3.05, 3.63) is 64.7 Å². The van der Waals surface area contributed by atoms with Crippen LogP contribution in [0.25, 0.3) is 6.08 Å². The molecule has 0 atom stereocenters. The molecule has 2 aromatic rings. The third-order valence-corrected chi connectivity index (χ3v) is 3.19. The maximum atomic E-state index is 10.7. The molecule has 5 heteroatoms. The number of primary amides is 1. The summed E-state index contributed by atoms with van der Waals surface area (Å²) >= 11 is 5.85. The molecule has 0 saturated heterocycles. The molecule has 0 fully saturated rings. The predicted octanol–water partition coefficient (Wildman–Crippen LogP) is 3.43. The van der Waals surface area contributed by atoms with Crippen molar-refractivity contribution in [3.63, 3.8) is 0 Å². The number of halogens is 1. The van der Waals surface area contributed by atoms with Crippen molar-refractivity contribution in [1.82, 2.24) is 0 Å². The molecule has 114 valence electrons. The Morgan fingerprint density at radius 2 is 1.91 bits per heavy atom. The highest BCUT2D eigenvalue weighted by atomic mass is 35.5. The number of rotatable bonds is 6. The van der Waals surface area contributed by atoms with Gasteiger partial charge in [0.15, 0.2) is 11.5 Å². The van der Waals surface area contributed by atoms with Crippen molar-refractivity contribution in [2.75, 3.05) is 7.11 Å². The highest BCUT2D eigenvalue weighted by molar-refractivity contribution is 6.30. The summed E-state index contributed by atoms with van der Waals surface area (Å²) in [5.74, 6) is 0.705. The largest absolute Gasteiger partial charge is 0.493 e. The number of nitrogens with two attached hydrogens (primary N) is 1. The first-order valence-electron chi connectivity index (χ1n) is 6.61. The van der Waals surface area contributed by atoms with Crippen LogP contribution < -0.4 is 15.2 Å². The molecule has 0 aliphatic rings. The van der Waals surface area contributed by atoms with Gasteiger partial charge in [-0.1, -0.05) is 29.8 Å². The fraction of sp³-hybridized carbons (Fsp3) is 0.118. The molecule has 4 nitrogen and oxygen atoms in total. The maximum absolute atomic E-state index is 10.7. The van der Waals surface area contributed by atoms with E-state index >= 15 is 0 Å². The number of amides is 1. The zero-order chi connectivity index (χ0) is 15.9. The van der Waals surface area contributed by atoms with Crippen LogP contribution in [-0.2, 0) is 11.4 Å². The van der Waals surface area contributed by atoms with Crippen LogP contribution in [0.3, 0.4) is 0 Å². The van der Waals surface area contributed by atoms with Crippen LogP contribution in [-0.4, -0.2) is 13.0 Å². The number of methoxy groups -OCH3 is 1. The fourth-order valence-electron chi connectivity index (χ4n) is 1.83. The summed E-state index contributed by atoms with van der Waals surface area (Å²) < 4.78 is 11.1. The summed E-state index contributed by atoms with van der Waals surface area (Å²) in [6, 6.07) is 12.8. The monoisotopic (exact) mass is 317 g/mol. The summed E-state index contributed by atoms with van der Waals surface area (Å²) in [7, 11) is 1.56. The lowest BCUT2D eigenvalue weighted by Gasteiger charge is -2.11. The molecule has 2 N–H and O–H groups in total. The average molecular weight is 318 g/mol. The normalized spacial score (nSPS) is 10.6. The Bertz CT molecular complexity index is 681. The van der Waals surface area contributed by atoms with Crippen molar-refractivity contribution in [1.29, 1.82) is 0 Å². The van der Waals surface area contributed by atoms with Gasteiger partial charge >= 0.3 is 0 Å². The van der Waals surface area contributed by atoms with Crippen LogP contribution in [0.5, 0.6) is 11.5 Å². The first-order valence-corrected chi connectivity index (χ1v) is 6.99. The van der Waals surface area contributed by atoms with E-state index < -0.39 is 5.91 Å². The Labute approximate surface area is 134 Å². The highest BCUT2D eigenvalue weighted by Gasteiger charge is 2.05. The van der Waals surface area contributed by atoms with E-state index in [1.165, 1.54) is 6.08 Å². The fourth-order valence-corrected chi connectivity index (χ4v) is 1.95. The van der Waals surface area contributed by atoms with Crippen molar-refractivity contribution < 1.29 is 14.3 Å². The van der Waals surface area contributed by atoms with Gasteiger partial charge in [-0.05, 0) is 41.5 Å². The van der Waals surface area contributed by atoms with E-state index in [1.807, 2.05) is 30.3 Å². The van der Waals surface area contributed by atoms with E-state index in [-0.39, 0.29) is 0 Å². The molecule has 0 saturated carbocycles. The van der Waals surface area contributed by atoms with Crippen molar-refractivity contribution >= 4 is 23.6 Å². The molecule has 0 aromatic heterocycles. The lowest BCUT2D eigenvalue weighted by molar-refractivity contribution is -0.113. The Hall–Kier alpha value is -2.46. The number of ether oxygens (including phenoxy) is 2. The summed E-state index contributed by atoms with van der Waals surface area (Å²) in [6.45, 7) is 0.407. The van der Waals surface area contributed by atoms with Crippen molar-refractivity contribution in [3.8, 4) is 11.5 Å². The SMILES string of the molecule is COc1cc(/C=C\C(N)=O)ccc1OCc1ccc(Cl)cc1. The van der Waals surface area contributed by atoms with Gasteiger partial charge < -0.3 is 15.2 Å². The summed E-state index contributed by atoms with van der Waals surface area (Å²) in [4.78, 5) is 10.7. The first kappa shape index (κ1) is 15.9. The third-order valence-electron chi connectivity index (χ3n) is 2.94. The van der Waals surface area contributed by atoms with E-state index in [4.69, 9.17) is 26.8 Å². The average Bonchev–Trinajstić information content (AvgIpc) is 2.52. The van der Waals surface area contributed by atoms with Crippen LogP contribution >= 0.6 is 11.6 Å². The van der Waals surface area contributed by atoms with E-state index in [2.05, 4.69) is 0 Å². The maximum Gasteiger partial charge on any atom is 0.241 e. The molecule has 2 rings (SSSR count). The molecule has 22 heavy (non-hydrogen) atoms. The minimum Gasteiger partial charge on any atom is -0.493 e. The van der Waals surface area contributed by atoms with E-state index in [1.54, 1.807) is 25.3 Å². The van der Waals surface area contributed by atoms with Gasteiger partial charge in [0.2, 0.25) is 5.91 Å². The third kappa shape index (κ3) is 4.53. The van der Waals surface area contributed by atoms with Gasteiger partial charge in [0.25, 0.3) is 0 Å². The summed E-state index contributed by atoms with van der Waals surface area (Å²) in [6.07, 6.45) is 2.91. The second-order valence-electron chi connectivity index (χ2n) is 4.56. The molecule has 0 radical (unpaired) electrons. The minimum atomic E-state index is -0.498. The molecule has 0 heterocycles. The lowest BCUT2D eigenvalue weighted by atomic mass is 10.2. The number of hydrogen-bond acceptors (Lipinski definition) is 3. The number of carbonyl (C=O) groups is 1. The number of benzene rings is 2. The second kappa shape index (κ2) is 7.52. The second-order valence-corrected chi connectivity index (χ2v) is 5.00. The summed E-state index contributed by atoms with van der Waals surface area (Å²) in [5.41, 5.74) is 6.88. The van der Waals surface area contributed by atoms with Gasteiger partial charge in [-0.3, -0.25) is 4.79 Å². The number of hydrogen-bond donors (Lipinski definition) is 1. The summed E-state index contributed by atoms with van der Waals surface area (Å²) in [5, 5.41) is 0.687. The molecule has 0 unspecified atom stereocenters. The molecule has 2 aromatic carbocycles.